The maximum atomic E-state index is 12.8. The second-order valence-corrected chi connectivity index (χ2v) is 8.34. The molecule has 2 fully saturated rings. The van der Waals surface area contributed by atoms with Crippen molar-refractivity contribution >= 4 is 34.3 Å². The monoisotopic (exact) mass is 387 g/mol. The van der Waals surface area contributed by atoms with E-state index in [1.807, 2.05) is 29.2 Å². The lowest BCUT2D eigenvalue weighted by Gasteiger charge is -2.31. The van der Waals surface area contributed by atoms with Gasteiger partial charge in [-0.1, -0.05) is 24.4 Å². The van der Waals surface area contributed by atoms with Crippen LogP contribution >= 0.6 is 11.6 Å². The van der Waals surface area contributed by atoms with Crippen molar-refractivity contribution in [3.63, 3.8) is 0 Å². The number of piperidine rings is 1. The molecule has 0 spiro atoms. The number of halogens is 1. The quantitative estimate of drug-likeness (QED) is 0.828. The molecule has 1 saturated heterocycles. The molecule has 1 aromatic carbocycles. The summed E-state index contributed by atoms with van der Waals surface area (Å²) >= 11 is 6.03. The summed E-state index contributed by atoms with van der Waals surface area (Å²) in [6.45, 7) is 1.41. The molecule has 0 radical (unpaired) electrons. The standard InChI is InChI=1S/C21H26ClN3O2/c22-16-5-6-18-15(12-16)13-19(24-18)21(27)25-9-7-14(8-10-25)11-20(26)23-17-3-1-2-4-17/h5-6,12-14,17,24H,1-4,7-11H2,(H,23,26). The molecule has 1 aromatic heterocycles. The van der Waals surface area contributed by atoms with Crippen molar-refractivity contribution in [1.29, 1.82) is 0 Å². The number of nitrogens with one attached hydrogen (secondary N) is 2. The minimum Gasteiger partial charge on any atom is -0.353 e. The lowest BCUT2D eigenvalue weighted by Crippen LogP contribution is -2.40. The van der Waals surface area contributed by atoms with Gasteiger partial charge in [-0.15, -0.1) is 0 Å². The minimum absolute atomic E-state index is 0.0242. The van der Waals surface area contributed by atoms with Crippen molar-refractivity contribution in [2.45, 2.75) is 51.0 Å². The number of hydrogen-bond donors (Lipinski definition) is 2. The predicted molar refractivity (Wildman–Crippen MR) is 107 cm³/mol. The van der Waals surface area contributed by atoms with Gasteiger partial charge in [-0.3, -0.25) is 9.59 Å². The van der Waals surface area contributed by atoms with Crippen LogP contribution in [0.1, 0.15) is 55.4 Å². The molecule has 2 heterocycles. The number of carbonyl (C=O) groups is 2. The van der Waals surface area contributed by atoms with Crippen LogP contribution in [-0.2, 0) is 4.79 Å². The maximum absolute atomic E-state index is 12.8. The van der Waals surface area contributed by atoms with Crippen molar-refractivity contribution in [2.75, 3.05) is 13.1 Å². The average Bonchev–Trinajstić information content (AvgIpc) is 3.30. The fourth-order valence-corrected chi connectivity index (χ4v) is 4.53. The van der Waals surface area contributed by atoms with Gasteiger partial charge >= 0.3 is 0 Å². The summed E-state index contributed by atoms with van der Waals surface area (Å²) in [5.41, 5.74) is 1.52. The molecule has 2 amide bonds. The number of amides is 2. The van der Waals surface area contributed by atoms with Gasteiger partial charge in [0.05, 0.1) is 0 Å². The molecule has 0 unspecified atom stereocenters. The van der Waals surface area contributed by atoms with E-state index >= 15 is 0 Å². The molecule has 0 bridgehead atoms. The van der Waals surface area contributed by atoms with Crippen LogP contribution in [0.15, 0.2) is 24.3 Å². The molecule has 4 rings (SSSR count). The number of rotatable bonds is 4. The fourth-order valence-electron chi connectivity index (χ4n) is 4.35. The van der Waals surface area contributed by atoms with E-state index in [9.17, 15) is 9.59 Å². The van der Waals surface area contributed by atoms with Crippen LogP contribution in [0.4, 0.5) is 0 Å². The SMILES string of the molecule is O=C(CC1CCN(C(=O)c2cc3cc(Cl)ccc3[nH]2)CC1)NC1CCCC1. The Balaban J connectivity index is 1.30. The number of aromatic amines is 1. The third-order valence-electron chi connectivity index (χ3n) is 5.91. The van der Waals surface area contributed by atoms with Gasteiger partial charge in [-0.25, -0.2) is 0 Å². The van der Waals surface area contributed by atoms with Gasteiger partial charge in [0.15, 0.2) is 0 Å². The van der Waals surface area contributed by atoms with Crippen molar-refractivity contribution in [3.8, 4) is 0 Å². The summed E-state index contributed by atoms with van der Waals surface area (Å²) in [6.07, 6.45) is 7.05. The number of aromatic nitrogens is 1. The van der Waals surface area contributed by atoms with Crippen molar-refractivity contribution in [1.82, 2.24) is 15.2 Å². The summed E-state index contributed by atoms with van der Waals surface area (Å²) in [5.74, 6) is 0.576. The van der Waals surface area contributed by atoms with Gasteiger partial charge in [0.25, 0.3) is 5.91 Å². The number of nitrogens with zero attached hydrogens (tertiary/aromatic N) is 1. The topological polar surface area (TPSA) is 65.2 Å². The summed E-state index contributed by atoms with van der Waals surface area (Å²) in [7, 11) is 0. The molecule has 27 heavy (non-hydrogen) atoms. The molecular formula is C21H26ClN3O2. The van der Waals surface area contributed by atoms with Gasteiger partial charge in [0.1, 0.15) is 5.69 Å². The number of carbonyl (C=O) groups excluding carboxylic acids is 2. The highest BCUT2D eigenvalue weighted by molar-refractivity contribution is 6.31. The van der Waals surface area contributed by atoms with Crippen LogP contribution in [0.25, 0.3) is 10.9 Å². The Morgan fingerprint density at radius 2 is 1.85 bits per heavy atom. The first-order valence-electron chi connectivity index (χ1n) is 9.95. The second-order valence-electron chi connectivity index (χ2n) is 7.90. The van der Waals surface area contributed by atoms with Gasteiger partial charge < -0.3 is 15.2 Å². The van der Waals surface area contributed by atoms with Gasteiger partial charge in [-0.05, 0) is 55.9 Å². The Morgan fingerprint density at radius 1 is 1.11 bits per heavy atom. The summed E-state index contributed by atoms with van der Waals surface area (Å²) < 4.78 is 0. The van der Waals surface area contributed by atoms with E-state index in [0.717, 1.165) is 36.6 Å². The average molecular weight is 388 g/mol. The molecular weight excluding hydrogens is 362 g/mol. The molecule has 1 saturated carbocycles. The highest BCUT2D eigenvalue weighted by atomic mass is 35.5. The lowest BCUT2D eigenvalue weighted by atomic mass is 9.93. The van der Waals surface area contributed by atoms with E-state index in [4.69, 9.17) is 11.6 Å². The van der Waals surface area contributed by atoms with Crippen molar-refractivity contribution in [3.05, 3.63) is 35.0 Å². The minimum atomic E-state index is 0.0242. The Hall–Kier alpha value is -2.01. The molecule has 1 aliphatic heterocycles. The first-order valence-corrected chi connectivity index (χ1v) is 10.3. The number of benzene rings is 1. The van der Waals surface area contributed by atoms with Gasteiger partial charge in [0.2, 0.25) is 5.91 Å². The van der Waals surface area contributed by atoms with Gasteiger partial charge in [-0.2, -0.15) is 0 Å². The van der Waals surface area contributed by atoms with Crippen LogP contribution in [0.5, 0.6) is 0 Å². The van der Waals surface area contributed by atoms with Crippen molar-refractivity contribution < 1.29 is 9.59 Å². The maximum Gasteiger partial charge on any atom is 0.270 e. The van der Waals surface area contributed by atoms with Crippen LogP contribution in [0.2, 0.25) is 5.02 Å². The first-order chi connectivity index (χ1) is 13.1. The number of H-pyrrole nitrogens is 1. The number of fused-ring (bicyclic) bond motifs is 1. The van der Waals surface area contributed by atoms with E-state index in [2.05, 4.69) is 10.3 Å². The second kappa shape index (κ2) is 7.93. The van der Waals surface area contributed by atoms with E-state index in [1.54, 1.807) is 0 Å². The van der Waals surface area contributed by atoms with Gasteiger partial charge in [0, 0.05) is 41.5 Å². The molecule has 5 nitrogen and oxygen atoms in total. The largest absolute Gasteiger partial charge is 0.353 e. The normalized spacial score (nSPS) is 18.9. The highest BCUT2D eigenvalue weighted by Crippen LogP contribution is 2.25. The highest BCUT2D eigenvalue weighted by Gasteiger charge is 2.27. The molecule has 2 aromatic rings. The zero-order valence-corrected chi connectivity index (χ0v) is 16.2. The summed E-state index contributed by atoms with van der Waals surface area (Å²) in [6, 6.07) is 7.82. The molecule has 144 valence electrons. The third-order valence-corrected chi connectivity index (χ3v) is 6.14. The zero-order valence-electron chi connectivity index (χ0n) is 15.5. The van der Waals surface area contributed by atoms with Crippen LogP contribution in [0.3, 0.4) is 0 Å². The number of hydrogen-bond acceptors (Lipinski definition) is 2. The molecule has 1 aliphatic carbocycles. The molecule has 0 atom stereocenters. The van der Waals surface area contributed by atoms with Crippen LogP contribution < -0.4 is 5.32 Å². The van der Waals surface area contributed by atoms with E-state index in [-0.39, 0.29) is 11.8 Å². The Bertz CT molecular complexity index is 833. The molecule has 2 aliphatic rings. The zero-order chi connectivity index (χ0) is 18.8. The van der Waals surface area contributed by atoms with E-state index < -0.39 is 0 Å². The molecule has 2 N–H and O–H groups in total. The van der Waals surface area contributed by atoms with Crippen LogP contribution in [0, 0.1) is 5.92 Å². The van der Waals surface area contributed by atoms with Crippen molar-refractivity contribution in [2.24, 2.45) is 5.92 Å². The Morgan fingerprint density at radius 3 is 2.59 bits per heavy atom. The predicted octanol–water partition coefficient (Wildman–Crippen LogP) is 4.12. The van der Waals surface area contributed by atoms with E-state index in [1.165, 1.54) is 12.8 Å². The summed E-state index contributed by atoms with van der Waals surface area (Å²) in [4.78, 5) is 30.1. The molecule has 6 heteroatoms. The Kier molecular flexibility index (Phi) is 5.39. The lowest BCUT2D eigenvalue weighted by molar-refractivity contribution is -0.123. The smallest absolute Gasteiger partial charge is 0.270 e. The number of likely N-dealkylation sites (tertiary alicyclic amines) is 1. The summed E-state index contributed by atoms with van der Waals surface area (Å²) in [5, 5.41) is 4.78. The Labute approximate surface area is 164 Å². The first kappa shape index (κ1) is 18.4. The fraction of sp³-hybridized carbons (Fsp3) is 0.524. The third kappa shape index (κ3) is 4.29. The van der Waals surface area contributed by atoms with E-state index in [0.29, 0.717) is 42.2 Å². The van der Waals surface area contributed by atoms with Crippen LogP contribution in [-0.4, -0.2) is 40.8 Å².